The summed E-state index contributed by atoms with van der Waals surface area (Å²) in [5.74, 6) is 5.76. The summed E-state index contributed by atoms with van der Waals surface area (Å²) < 4.78 is 4.64. The zero-order valence-electron chi connectivity index (χ0n) is 10.8. The third kappa shape index (κ3) is 3.43. The van der Waals surface area contributed by atoms with Crippen molar-refractivity contribution in [2.75, 3.05) is 7.11 Å². The summed E-state index contributed by atoms with van der Waals surface area (Å²) in [6.07, 6.45) is 1.74. The van der Waals surface area contributed by atoms with E-state index in [0.717, 1.165) is 16.8 Å². The monoisotopic (exact) mass is 251 g/mol. The first-order valence-corrected chi connectivity index (χ1v) is 5.82. The highest BCUT2D eigenvalue weighted by atomic mass is 16.5. The minimum absolute atomic E-state index is 0.343. The van der Waals surface area contributed by atoms with E-state index in [0.29, 0.717) is 5.56 Å². The van der Waals surface area contributed by atoms with Gasteiger partial charge in [-0.15, -0.1) is 0 Å². The number of pyridine rings is 1. The highest BCUT2D eigenvalue weighted by Gasteiger charge is 2.02. The van der Waals surface area contributed by atoms with E-state index in [9.17, 15) is 4.79 Å². The standard InChI is InChI=1S/C16H13NO2/c1-12-11-14(9-10-17-12)4-3-13-5-7-15(8-6-13)16(18)19-2/h5-11H,1-2H3. The van der Waals surface area contributed by atoms with E-state index in [1.165, 1.54) is 7.11 Å². The van der Waals surface area contributed by atoms with Gasteiger partial charge in [-0.1, -0.05) is 11.8 Å². The second-order valence-electron chi connectivity index (χ2n) is 4.00. The van der Waals surface area contributed by atoms with Crippen LogP contribution in [0.15, 0.2) is 42.6 Å². The first kappa shape index (κ1) is 12.8. The Morgan fingerprint density at radius 3 is 2.42 bits per heavy atom. The summed E-state index contributed by atoms with van der Waals surface area (Å²) in [5.41, 5.74) is 3.23. The van der Waals surface area contributed by atoms with Gasteiger partial charge in [0.25, 0.3) is 0 Å². The van der Waals surface area contributed by atoms with Crippen molar-refractivity contribution in [2.45, 2.75) is 6.92 Å². The number of aromatic nitrogens is 1. The van der Waals surface area contributed by atoms with Gasteiger partial charge in [0.15, 0.2) is 0 Å². The molecule has 1 aromatic carbocycles. The Bertz CT molecular complexity index is 648. The fraction of sp³-hybridized carbons (Fsp3) is 0.125. The molecule has 3 heteroatoms. The molecular formula is C16H13NO2. The van der Waals surface area contributed by atoms with E-state index >= 15 is 0 Å². The molecular weight excluding hydrogens is 238 g/mol. The van der Waals surface area contributed by atoms with Gasteiger partial charge < -0.3 is 4.74 Å². The van der Waals surface area contributed by atoms with Crippen molar-refractivity contribution in [3.8, 4) is 11.8 Å². The van der Waals surface area contributed by atoms with E-state index in [-0.39, 0.29) is 5.97 Å². The topological polar surface area (TPSA) is 39.2 Å². The SMILES string of the molecule is COC(=O)c1ccc(C#Cc2ccnc(C)c2)cc1. The molecule has 0 amide bonds. The third-order valence-corrected chi connectivity index (χ3v) is 2.55. The van der Waals surface area contributed by atoms with Gasteiger partial charge in [0.2, 0.25) is 0 Å². The van der Waals surface area contributed by atoms with Crippen LogP contribution in [-0.2, 0) is 4.74 Å². The summed E-state index contributed by atoms with van der Waals surface area (Å²) in [6.45, 7) is 1.93. The molecule has 94 valence electrons. The van der Waals surface area contributed by atoms with Crippen molar-refractivity contribution in [3.05, 3.63) is 65.0 Å². The van der Waals surface area contributed by atoms with Crippen molar-refractivity contribution in [3.63, 3.8) is 0 Å². The van der Waals surface area contributed by atoms with Gasteiger partial charge in [-0.2, -0.15) is 0 Å². The largest absolute Gasteiger partial charge is 0.465 e. The fourth-order valence-corrected chi connectivity index (χ4v) is 1.58. The number of aryl methyl sites for hydroxylation is 1. The molecule has 2 rings (SSSR count). The average molecular weight is 251 g/mol. The molecule has 0 aliphatic carbocycles. The molecule has 0 aliphatic heterocycles. The highest BCUT2D eigenvalue weighted by molar-refractivity contribution is 5.89. The third-order valence-electron chi connectivity index (χ3n) is 2.55. The molecule has 0 radical (unpaired) electrons. The molecule has 0 unspecified atom stereocenters. The maximum Gasteiger partial charge on any atom is 0.337 e. The number of nitrogens with zero attached hydrogens (tertiary/aromatic N) is 1. The zero-order chi connectivity index (χ0) is 13.7. The molecule has 0 atom stereocenters. The van der Waals surface area contributed by atoms with Crippen LogP contribution in [0.25, 0.3) is 0 Å². The van der Waals surface area contributed by atoms with E-state index in [4.69, 9.17) is 0 Å². The number of esters is 1. The Labute approximate surface area is 112 Å². The van der Waals surface area contributed by atoms with Gasteiger partial charge >= 0.3 is 5.97 Å². The quantitative estimate of drug-likeness (QED) is 0.577. The summed E-state index contributed by atoms with van der Waals surface area (Å²) in [5, 5.41) is 0. The second-order valence-corrected chi connectivity index (χ2v) is 4.00. The molecule has 1 aromatic heterocycles. The Morgan fingerprint density at radius 1 is 1.11 bits per heavy atom. The lowest BCUT2D eigenvalue weighted by atomic mass is 10.1. The predicted molar refractivity (Wildman–Crippen MR) is 72.7 cm³/mol. The number of hydrogen-bond donors (Lipinski definition) is 0. The Balaban J connectivity index is 2.19. The molecule has 2 aromatic rings. The summed E-state index contributed by atoms with van der Waals surface area (Å²) in [6, 6.07) is 10.8. The van der Waals surface area contributed by atoms with Gasteiger partial charge in [0.1, 0.15) is 0 Å². The average Bonchev–Trinajstić information content (AvgIpc) is 2.45. The Morgan fingerprint density at radius 2 is 1.79 bits per heavy atom. The fourth-order valence-electron chi connectivity index (χ4n) is 1.58. The van der Waals surface area contributed by atoms with Crippen LogP contribution in [0.3, 0.4) is 0 Å². The van der Waals surface area contributed by atoms with E-state index in [2.05, 4.69) is 21.6 Å². The van der Waals surface area contributed by atoms with Gasteiger partial charge in [-0.05, 0) is 43.3 Å². The van der Waals surface area contributed by atoms with Crippen LogP contribution in [0, 0.1) is 18.8 Å². The summed E-state index contributed by atoms with van der Waals surface area (Å²) in [7, 11) is 1.36. The van der Waals surface area contributed by atoms with Crippen LogP contribution in [0.2, 0.25) is 0 Å². The number of carbonyl (C=O) groups is 1. The van der Waals surface area contributed by atoms with Crippen LogP contribution < -0.4 is 0 Å². The van der Waals surface area contributed by atoms with Gasteiger partial charge in [0.05, 0.1) is 12.7 Å². The lowest BCUT2D eigenvalue weighted by molar-refractivity contribution is 0.0601. The first-order chi connectivity index (χ1) is 9.19. The van der Waals surface area contributed by atoms with Gasteiger partial charge in [0, 0.05) is 23.0 Å². The minimum Gasteiger partial charge on any atom is -0.465 e. The highest BCUT2D eigenvalue weighted by Crippen LogP contribution is 2.05. The Hall–Kier alpha value is -2.60. The van der Waals surface area contributed by atoms with Crippen molar-refractivity contribution >= 4 is 5.97 Å². The normalized spacial score (nSPS) is 9.37. The molecule has 0 aliphatic rings. The number of methoxy groups -OCH3 is 1. The molecule has 0 bridgehead atoms. The lowest BCUT2D eigenvalue weighted by Gasteiger charge is -1.98. The van der Waals surface area contributed by atoms with E-state index in [1.807, 2.05) is 19.1 Å². The minimum atomic E-state index is -0.343. The van der Waals surface area contributed by atoms with Crippen molar-refractivity contribution in [1.82, 2.24) is 4.98 Å². The van der Waals surface area contributed by atoms with E-state index < -0.39 is 0 Å². The molecule has 0 fully saturated rings. The van der Waals surface area contributed by atoms with Crippen LogP contribution in [0.1, 0.15) is 27.2 Å². The maximum atomic E-state index is 11.3. The maximum absolute atomic E-state index is 11.3. The van der Waals surface area contributed by atoms with Crippen LogP contribution in [-0.4, -0.2) is 18.1 Å². The zero-order valence-corrected chi connectivity index (χ0v) is 10.8. The number of ether oxygens (including phenoxy) is 1. The Kier molecular flexibility index (Phi) is 3.94. The first-order valence-electron chi connectivity index (χ1n) is 5.82. The molecule has 3 nitrogen and oxygen atoms in total. The van der Waals surface area contributed by atoms with Gasteiger partial charge in [-0.3, -0.25) is 4.98 Å². The van der Waals surface area contributed by atoms with Crippen LogP contribution in [0.5, 0.6) is 0 Å². The predicted octanol–water partition coefficient (Wildman–Crippen LogP) is 2.58. The van der Waals surface area contributed by atoms with Crippen LogP contribution >= 0.6 is 0 Å². The molecule has 19 heavy (non-hydrogen) atoms. The number of carbonyl (C=O) groups excluding carboxylic acids is 1. The number of hydrogen-bond acceptors (Lipinski definition) is 3. The number of benzene rings is 1. The molecule has 0 saturated heterocycles. The van der Waals surface area contributed by atoms with Crippen LogP contribution in [0.4, 0.5) is 0 Å². The molecule has 0 saturated carbocycles. The summed E-state index contributed by atoms with van der Waals surface area (Å²) >= 11 is 0. The number of rotatable bonds is 1. The smallest absolute Gasteiger partial charge is 0.337 e. The lowest BCUT2D eigenvalue weighted by Crippen LogP contribution is -2.00. The van der Waals surface area contributed by atoms with E-state index in [1.54, 1.807) is 30.5 Å². The van der Waals surface area contributed by atoms with Gasteiger partial charge in [-0.25, -0.2) is 4.79 Å². The van der Waals surface area contributed by atoms with Crippen molar-refractivity contribution < 1.29 is 9.53 Å². The molecule has 1 heterocycles. The summed E-state index contributed by atoms with van der Waals surface area (Å²) in [4.78, 5) is 15.4. The molecule has 0 N–H and O–H groups in total. The van der Waals surface area contributed by atoms with Crippen molar-refractivity contribution in [1.29, 1.82) is 0 Å². The molecule has 0 spiro atoms. The van der Waals surface area contributed by atoms with Crippen molar-refractivity contribution in [2.24, 2.45) is 0 Å². The second kappa shape index (κ2) is 5.83.